The molecule has 2 N–H and O–H groups in total. The van der Waals surface area contributed by atoms with Crippen LogP contribution in [0.3, 0.4) is 0 Å². The normalized spacial score (nSPS) is 17.6. The molecule has 4 rings (SSSR count). The van der Waals surface area contributed by atoms with Crippen LogP contribution in [0, 0.1) is 23.2 Å². The molecule has 0 aliphatic heterocycles. The van der Waals surface area contributed by atoms with E-state index >= 15 is 0 Å². The number of nitriles is 1. The lowest BCUT2D eigenvalue weighted by molar-refractivity contribution is 0.685. The van der Waals surface area contributed by atoms with Crippen LogP contribution in [-0.4, -0.2) is 32.5 Å². The van der Waals surface area contributed by atoms with Crippen LogP contribution in [0.2, 0.25) is 0 Å². The molecular weight excluding hydrogens is 314 g/mol. The second-order valence-corrected chi connectivity index (χ2v) is 6.92. The van der Waals surface area contributed by atoms with Crippen molar-refractivity contribution in [3.63, 3.8) is 0 Å². The number of hydrogen-bond donors (Lipinski definition) is 2. The lowest BCUT2D eigenvalue weighted by Gasteiger charge is -2.14. The molecule has 2 aromatic heterocycles. The van der Waals surface area contributed by atoms with Gasteiger partial charge in [0.15, 0.2) is 5.82 Å². The van der Waals surface area contributed by atoms with Gasteiger partial charge >= 0.3 is 0 Å². The first kappa shape index (κ1) is 15.8. The number of aromatic nitrogens is 4. The summed E-state index contributed by atoms with van der Waals surface area (Å²) < 4.78 is 0. The second-order valence-electron chi connectivity index (χ2n) is 6.92. The maximum atomic E-state index is 9.07. The highest BCUT2D eigenvalue weighted by atomic mass is 15.2. The molecule has 2 heterocycles. The Bertz CT molecular complexity index is 805. The molecular formula is C18H21N7. The Balaban J connectivity index is 1.62. The summed E-state index contributed by atoms with van der Waals surface area (Å²) in [6.45, 7) is 3.04. The Morgan fingerprint density at radius 1 is 1.12 bits per heavy atom. The fraction of sp³-hybridized carbons (Fsp3) is 0.500. The average molecular weight is 335 g/mol. The zero-order valence-corrected chi connectivity index (χ0v) is 14.2. The van der Waals surface area contributed by atoms with E-state index in [1.165, 1.54) is 25.7 Å². The molecule has 1 atom stereocenters. The standard InChI is InChI=1S/C18H21N7/c1-11(13-7-8-13)21-18-24-16(15-4-2-3-14(9-19)22-15)23-17(25-18)20-10-12-5-6-12/h2-4,11-13H,5-8,10H2,1H3,(H2,20,21,23,24,25)/t11-/m1/s1. The van der Waals surface area contributed by atoms with E-state index in [0.717, 1.165) is 12.5 Å². The molecule has 2 aliphatic carbocycles. The zero-order valence-electron chi connectivity index (χ0n) is 14.2. The summed E-state index contributed by atoms with van der Waals surface area (Å²) in [5, 5.41) is 15.8. The van der Waals surface area contributed by atoms with Crippen molar-refractivity contribution in [1.82, 2.24) is 19.9 Å². The third kappa shape index (κ3) is 4.02. The highest BCUT2D eigenvalue weighted by molar-refractivity contribution is 5.54. The number of hydrogen-bond acceptors (Lipinski definition) is 7. The second kappa shape index (κ2) is 6.63. The molecule has 0 saturated heterocycles. The van der Waals surface area contributed by atoms with E-state index in [1.807, 2.05) is 6.07 Å². The topological polar surface area (TPSA) is 99.4 Å². The maximum absolute atomic E-state index is 9.07. The molecule has 0 aromatic carbocycles. The summed E-state index contributed by atoms with van der Waals surface area (Å²) in [5.74, 6) is 3.03. The van der Waals surface area contributed by atoms with Crippen LogP contribution in [0.1, 0.15) is 38.3 Å². The summed E-state index contributed by atoms with van der Waals surface area (Å²) in [6.07, 6.45) is 5.04. The van der Waals surface area contributed by atoms with Gasteiger partial charge in [0.2, 0.25) is 11.9 Å². The number of nitrogens with zero attached hydrogens (tertiary/aromatic N) is 5. The third-order valence-corrected chi connectivity index (χ3v) is 4.66. The van der Waals surface area contributed by atoms with Gasteiger partial charge in [-0.1, -0.05) is 6.07 Å². The van der Waals surface area contributed by atoms with Crippen molar-refractivity contribution in [2.45, 2.75) is 38.6 Å². The molecule has 7 nitrogen and oxygen atoms in total. The van der Waals surface area contributed by atoms with Crippen LogP contribution in [0.15, 0.2) is 18.2 Å². The fourth-order valence-electron chi connectivity index (χ4n) is 2.73. The molecule has 2 fully saturated rings. The first-order valence-corrected chi connectivity index (χ1v) is 8.85. The summed E-state index contributed by atoms with van der Waals surface area (Å²) in [7, 11) is 0. The summed E-state index contributed by atoms with van der Waals surface area (Å²) in [6, 6.07) is 7.67. The first-order valence-electron chi connectivity index (χ1n) is 8.85. The summed E-state index contributed by atoms with van der Waals surface area (Å²) in [4.78, 5) is 17.9. The third-order valence-electron chi connectivity index (χ3n) is 4.66. The first-order chi connectivity index (χ1) is 12.2. The number of anilines is 2. The van der Waals surface area contributed by atoms with Gasteiger partial charge in [-0.05, 0) is 56.6 Å². The van der Waals surface area contributed by atoms with Gasteiger partial charge < -0.3 is 10.6 Å². The Morgan fingerprint density at radius 2 is 1.92 bits per heavy atom. The molecule has 25 heavy (non-hydrogen) atoms. The smallest absolute Gasteiger partial charge is 0.228 e. The molecule has 0 spiro atoms. The van der Waals surface area contributed by atoms with E-state index in [0.29, 0.717) is 41.1 Å². The van der Waals surface area contributed by atoms with Crippen molar-refractivity contribution >= 4 is 11.9 Å². The summed E-state index contributed by atoms with van der Waals surface area (Å²) in [5.41, 5.74) is 0.935. The molecule has 128 valence electrons. The van der Waals surface area contributed by atoms with Crippen molar-refractivity contribution in [3.05, 3.63) is 23.9 Å². The van der Waals surface area contributed by atoms with Gasteiger partial charge in [-0.2, -0.15) is 20.2 Å². The fourth-order valence-corrected chi connectivity index (χ4v) is 2.73. The minimum atomic E-state index is 0.338. The van der Waals surface area contributed by atoms with Gasteiger partial charge in [0, 0.05) is 12.6 Å². The Morgan fingerprint density at radius 3 is 2.64 bits per heavy atom. The molecule has 2 aromatic rings. The molecule has 7 heteroatoms. The number of pyridine rings is 1. The van der Waals surface area contributed by atoms with Crippen LogP contribution in [0.5, 0.6) is 0 Å². The van der Waals surface area contributed by atoms with Crippen LogP contribution in [0.4, 0.5) is 11.9 Å². The minimum Gasteiger partial charge on any atom is -0.354 e. The van der Waals surface area contributed by atoms with Crippen LogP contribution in [0.25, 0.3) is 11.5 Å². The zero-order chi connectivity index (χ0) is 17.2. The van der Waals surface area contributed by atoms with Crippen molar-refractivity contribution < 1.29 is 0 Å². The highest BCUT2D eigenvalue weighted by Crippen LogP contribution is 2.34. The van der Waals surface area contributed by atoms with Crippen LogP contribution < -0.4 is 10.6 Å². The molecule has 0 bridgehead atoms. The van der Waals surface area contributed by atoms with Gasteiger partial charge in [-0.25, -0.2) is 4.98 Å². The van der Waals surface area contributed by atoms with Gasteiger partial charge in [-0.3, -0.25) is 0 Å². The van der Waals surface area contributed by atoms with E-state index in [1.54, 1.807) is 12.1 Å². The van der Waals surface area contributed by atoms with Crippen molar-refractivity contribution in [2.75, 3.05) is 17.2 Å². The van der Waals surface area contributed by atoms with E-state index in [2.05, 4.69) is 43.6 Å². The van der Waals surface area contributed by atoms with E-state index < -0.39 is 0 Å². The number of nitrogens with one attached hydrogen (secondary N) is 2. The summed E-state index contributed by atoms with van der Waals surface area (Å²) >= 11 is 0. The van der Waals surface area contributed by atoms with Crippen molar-refractivity contribution in [3.8, 4) is 17.6 Å². The molecule has 0 amide bonds. The highest BCUT2D eigenvalue weighted by Gasteiger charge is 2.28. The number of rotatable bonds is 7. The SMILES string of the molecule is C[C@@H](Nc1nc(NCC2CC2)nc(-c2cccc(C#N)n2)n1)C1CC1. The molecule has 2 saturated carbocycles. The predicted octanol–water partition coefficient (Wildman–Crippen LogP) is 2.84. The average Bonchev–Trinajstić information content (AvgIpc) is 3.53. The lowest BCUT2D eigenvalue weighted by atomic mass is 10.2. The van der Waals surface area contributed by atoms with Gasteiger partial charge in [0.1, 0.15) is 17.5 Å². The van der Waals surface area contributed by atoms with Crippen LogP contribution in [-0.2, 0) is 0 Å². The van der Waals surface area contributed by atoms with E-state index in [9.17, 15) is 0 Å². The van der Waals surface area contributed by atoms with E-state index in [4.69, 9.17) is 5.26 Å². The Hall–Kier alpha value is -2.75. The predicted molar refractivity (Wildman–Crippen MR) is 94.8 cm³/mol. The van der Waals surface area contributed by atoms with Crippen LogP contribution >= 0.6 is 0 Å². The molecule has 0 unspecified atom stereocenters. The molecule has 0 radical (unpaired) electrons. The Kier molecular flexibility index (Phi) is 4.18. The van der Waals surface area contributed by atoms with Crippen molar-refractivity contribution in [1.29, 1.82) is 5.26 Å². The van der Waals surface area contributed by atoms with Gasteiger partial charge in [0.05, 0.1) is 0 Å². The quantitative estimate of drug-likeness (QED) is 0.802. The Labute approximate surface area is 146 Å². The largest absolute Gasteiger partial charge is 0.354 e. The minimum absolute atomic E-state index is 0.338. The van der Waals surface area contributed by atoms with Crippen molar-refractivity contribution in [2.24, 2.45) is 11.8 Å². The monoisotopic (exact) mass is 335 g/mol. The maximum Gasteiger partial charge on any atom is 0.228 e. The van der Waals surface area contributed by atoms with Gasteiger partial charge in [0.25, 0.3) is 0 Å². The lowest BCUT2D eigenvalue weighted by Crippen LogP contribution is -2.20. The van der Waals surface area contributed by atoms with Gasteiger partial charge in [-0.15, -0.1) is 0 Å². The van der Waals surface area contributed by atoms with E-state index in [-0.39, 0.29) is 0 Å². The molecule has 2 aliphatic rings.